The van der Waals surface area contributed by atoms with Crippen molar-refractivity contribution in [3.63, 3.8) is 0 Å². The third-order valence-electron chi connectivity index (χ3n) is 1.25. The maximum Gasteiger partial charge on any atom is 0.0899 e. The molecule has 60 valence electrons. The Morgan fingerprint density at radius 3 is 2.36 bits per heavy atom. The molecule has 0 aliphatic carbocycles. The number of halogens is 3. The highest BCUT2D eigenvalue weighted by molar-refractivity contribution is 8.03. The van der Waals surface area contributed by atoms with E-state index in [1.165, 1.54) is 0 Å². The lowest BCUT2D eigenvalue weighted by Crippen LogP contribution is -1.78. The van der Waals surface area contributed by atoms with E-state index in [2.05, 4.69) is 0 Å². The van der Waals surface area contributed by atoms with Crippen LogP contribution >= 0.6 is 40.7 Å². The predicted octanol–water partition coefficient (Wildman–Crippen LogP) is 4.63. The van der Waals surface area contributed by atoms with Gasteiger partial charge in [-0.25, -0.2) is 0 Å². The number of benzene rings is 1. The Morgan fingerprint density at radius 2 is 1.82 bits per heavy atom. The van der Waals surface area contributed by atoms with Crippen LogP contribution in [-0.4, -0.2) is 0 Å². The first-order chi connectivity index (χ1) is 5.20. The molecule has 4 heteroatoms. The molecule has 0 bridgehead atoms. The van der Waals surface area contributed by atoms with E-state index in [1.54, 1.807) is 0 Å². The molecule has 0 aliphatic heterocycles. The molecule has 0 amide bonds. The van der Waals surface area contributed by atoms with Crippen molar-refractivity contribution in [2.24, 2.45) is 0 Å². The van der Waals surface area contributed by atoms with Crippen LogP contribution in [0.25, 0.3) is 0 Å². The first kappa shape index (κ1) is 9.61. The Hall–Kier alpha value is 0.520. The predicted molar refractivity (Wildman–Crippen MR) is 53.8 cm³/mol. The third-order valence-corrected chi connectivity index (χ3v) is 2.91. The highest BCUT2D eigenvalue weighted by Crippen LogP contribution is 2.50. The van der Waals surface area contributed by atoms with E-state index in [4.69, 9.17) is 34.1 Å². The molecular formula is C7H6Cl3P. The van der Waals surface area contributed by atoms with Crippen molar-refractivity contribution in [3.05, 3.63) is 34.9 Å². The van der Waals surface area contributed by atoms with Crippen LogP contribution in [-0.2, 0) is 6.16 Å². The normalized spacial score (nSPS) is 10.5. The van der Waals surface area contributed by atoms with Gasteiger partial charge in [0, 0.05) is 11.2 Å². The van der Waals surface area contributed by atoms with Crippen molar-refractivity contribution in [2.45, 2.75) is 6.16 Å². The standard InChI is InChI=1S/C7H6Cl3P/c8-7-4-2-1-3-6(7)5-11(9)10/h1-4H,5H2. The van der Waals surface area contributed by atoms with Gasteiger partial charge in [0.1, 0.15) is 0 Å². The summed E-state index contributed by atoms with van der Waals surface area (Å²) in [4.78, 5) is 0. The zero-order valence-corrected chi connectivity index (χ0v) is 8.76. The molecule has 0 saturated carbocycles. The van der Waals surface area contributed by atoms with E-state index in [-0.39, 0.29) is 0 Å². The number of hydrogen-bond acceptors (Lipinski definition) is 0. The molecule has 0 saturated heterocycles. The molecule has 1 rings (SSSR count). The average Bonchev–Trinajstić information content (AvgIpc) is 1.93. The molecule has 0 radical (unpaired) electrons. The monoisotopic (exact) mass is 226 g/mol. The topological polar surface area (TPSA) is 0 Å². The van der Waals surface area contributed by atoms with E-state index in [1.807, 2.05) is 24.3 Å². The van der Waals surface area contributed by atoms with Crippen molar-refractivity contribution in [1.82, 2.24) is 0 Å². The van der Waals surface area contributed by atoms with Crippen LogP contribution in [0.5, 0.6) is 0 Å². The van der Waals surface area contributed by atoms with Gasteiger partial charge in [-0.05, 0) is 11.6 Å². The van der Waals surface area contributed by atoms with E-state index >= 15 is 0 Å². The highest BCUT2D eigenvalue weighted by Gasteiger charge is 2.03. The Morgan fingerprint density at radius 1 is 1.18 bits per heavy atom. The molecular weight excluding hydrogens is 221 g/mol. The summed E-state index contributed by atoms with van der Waals surface area (Å²) < 4.78 is 0. The molecule has 0 aromatic heterocycles. The molecule has 1 aromatic carbocycles. The van der Waals surface area contributed by atoms with Crippen molar-refractivity contribution in [1.29, 1.82) is 0 Å². The van der Waals surface area contributed by atoms with Crippen LogP contribution in [0.1, 0.15) is 5.56 Å². The van der Waals surface area contributed by atoms with Crippen molar-refractivity contribution in [2.75, 3.05) is 0 Å². The molecule has 0 unspecified atom stereocenters. The van der Waals surface area contributed by atoms with Gasteiger partial charge in [-0.1, -0.05) is 52.3 Å². The summed E-state index contributed by atoms with van der Waals surface area (Å²) in [5, 5.41) is 0.737. The van der Waals surface area contributed by atoms with Gasteiger partial charge in [-0.2, -0.15) is 0 Å². The maximum absolute atomic E-state index is 5.86. The van der Waals surface area contributed by atoms with Crippen molar-refractivity contribution >= 4 is 40.7 Å². The SMILES string of the molecule is Clc1ccccc1CP(Cl)Cl. The zero-order valence-electron chi connectivity index (χ0n) is 5.60. The first-order valence-electron chi connectivity index (χ1n) is 3.02. The minimum absolute atomic E-state index is 0.665. The van der Waals surface area contributed by atoms with E-state index < -0.39 is 6.63 Å². The maximum atomic E-state index is 5.86. The van der Waals surface area contributed by atoms with E-state index in [0.717, 1.165) is 10.6 Å². The molecule has 0 aliphatic rings. The minimum atomic E-state index is -0.933. The molecule has 11 heavy (non-hydrogen) atoms. The summed E-state index contributed by atoms with van der Waals surface area (Å²) in [6.45, 7) is -0.933. The second-order valence-electron chi connectivity index (χ2n) is 2.05. The van der Waals surface area contributed by atoms with Gasteiger partial charge in [0.05, 0.1) is 6.63 Å². The van der Waals surface area contributed by atoms with Crippen LogP contribution in [0.2, 0.25) is 5.02 Å². The van der Waals surface area contributed by atoms with Crippen molar-refractivity contribution < 1.29 is 0 Å². The van der Waals surface area contributed by atoms with Gasteiger partial charge in [-0.15, -0.1) is 0 Å². The van der Waals surface area contributed by atoms with Gasteiger partial charge in [-0.3, -0.25) is 0 Å². The highest BCUT2D eigenvalue weighted by atomic mass is 35.9. The van der Waals surface area contributed by atoms with E-state index in [9.17, 15) is 0 Å². The second kappa shape index (κ2) is 4.52. The summed E-state index contributed by atoms with van der Waals surface area (Å²) in [5.74, 6) is 0. The molecule has 1 aromatic rings. The zero-order chi connectivity index (χ0) is 8.27. The largest absolute Gasteiger partial charge is 0.0899 e. The molecule has 0 N–H and O–H groups in total. The van der Waals surface area contributed by atoms with E-state index in [0.29, 0.717) is 6.16 Å². The quantitative estimate of drug-likeness (QED) is 0.646. The first-order valence-corrected chi connectivity index (χ1v) is 6.74. The van der Waals surface area contributed by atoms with Gasteiger partial charge >= 0.3 is 0 Å². The fraction of sp³-hybridized carbons (Fsp3) is 0.143. The molecule has 0 nitrogen and oxygen atoms in total. The summed E-state index contributed by atoms with van der Waals surface area (Å²) in [5.41, 5.74) is 1.02. The summed E-state index contributed by atoms with van der Waals surface area (Å²) in [7, 11) is 0. The molecule has 0 spiro atoms. The number of hydrogen-bond donors (Lipinski definition) is 0. The van der Waals surface area contributed by atoms with Crippen LogP contribution < -0.4 is 0 Å². The molecule has 0 heterocycles. The van der Waals surface area contributed by atoms with Gasteiger partial charge < -0.3 is 0 Å². The fourth-order valence-corrected chi connectivity index (χ4v) is 2.36. The summed E-state index contributed by atoms with van der Waals surface area (Å²) in [6, 6.07) is 7.58. The smallest absolute Gasteiger partial charge is 0.0840 e. The van der Waals surface area contributed by atoms with Crippen LogP contribution in [0.4, 0.5) is 0 Å². The van der Waals surface area contributed by atoms with Gasteiger partial charge in [0.2, 0.25) is 0 Å². The van der Waals surface area contributed by atoms with Crippen LogP contribution in [0.3, 0.4) is 0 Å². The van der Waals surface area contributed by atoms with Crippen LogP contribution in [0, 0.1) is 0 Å². The fourth-order valence-electron chi connectivity index (χ4n) is 0.755. The Bertz CT molecular complexity index is 237. The van der Waals surface area contributed by atoms with Gasteiger partial charge in [0.25, 0.3) is 0 Å². The third kappa shape index (κ3) is 3.17. The lowest BCUT2D eigenvalue weighted by atomic mass is 10.2. The average molecular weight is 227 g/mol. The minimum Gasteiger partial charge on any atom is -0.0840 e. The number of rotatable bonds is 2. The Kier molecular flexibility index (Phi) is 3.95. The summed E-state index contributed by atoms with van der Waals surface area (Å²) >= 11 is 17.2. The van der Waals surface area contributed by atoms with Gasteiger partial charge in [0.15, 0.2) is 0 Å². The lowest BCUT2D eigenvalue weighted by Gasteiger charge is -2.02. The molecule has 0 fully saturated rings. The van der Waals surface area contributed by atoms with Crippen molar-refractivity contribution in [3.8, 4) is 0 Å². The summed E-state index contributed by atoms with van der Waals surface area (Å²) in [6.07, 6.45) is 0.665. The molecule has 0 atom stereocenters. The van der Waals surface area contributed by atoms with Crippen LogP contribution in [0.15, 0.2) is 24.3 Å². The Labute approximate surface area is 81.8 Å². The second-order valence-corrected chi connectivity index (χ2v) is 6.35. The lowest BCUT2D eigenvalue weighted by molar-refractivity contribution is 1.41. The Balaban J connectivity index is 2.78.